The molecule has 0 aromatic rings. The molecule has 0 fully saturated rings. The first kappa shape index (κ1) is 27.8. The molecule has 37 heavy (non-hydrogen) atoms. The van der Waals surface area contributed by atoms with Gasteiger partial charge in [0.2, 0.25) is 5.78 Å². The van der Waals surface area contributed by atoms with Crippen LogP contribution in [0.1, 0.15) is 72.1 Å². The molecule has 1 unspecified atom stereocenters. The van der Waals surface area contributed by atoms with Crippen LogP contribution in [0, 0.1) is 0 Å². The molecule has 2 aliphatic heterocycles. The third-order valence-electron chi connectivity index (χ3n) is 6.82. The zero-order valence-electron chi connectivity index (χ0n) is 21.4. The summed E-state index contributed by atoms with van der Waals surface area (Å²) in [5, 5.41) is 18.9. The Labute approximate surface area is 215 Å². The molecule has 3 aliphatic rings. The number of carboxylic acids is 2. The fraction of sp³-hybridized carbons (Fsp3) is 0.464. The van der Waals surface area contributed by atoms with Crippen molar-refractivity contribution in [3.05, 3.63) is 58.5 Å². The van der Waals surface area contributed by atoms with Crippen LogP contribution in [0.25, 0.3) is 0 Å². The number of esters is 1. The predicted octanol–water partition coefficient (Wildman–Crippen LogP) is 4.01. The average Bonchev–Trinajstić information content (AvgIpc) is 3.09. The van der Waals surface area contributed by atoms with E-state index in [-0.39, 0.29) is 41.8 Å². The Morgan fingerprint density at radius 3 is 2.41 bits per heavy atom. The quantitative estimate of drug-likeness (QED) is 0.213. The summed E-state index contributed by atoms with van der Waals surface area (Å²) in [6, 6.07) is -1.24. The van der Waals surface area contributed by atoms with Crippen molar-refractivity contribution in [2.75, 3.05) is 0 Å². The normalized spacial score (nSPS) is 21.7. The minimum atomic E-state index is -1.70. The topological polar surface area (TPSA) is 138 Å². The third kappa shape index (κ3) is 5.65. The molecule has 9 nitrogen and oxygen atoms in total. The molecule has 0 saturated heterocycles. The van der Waals surface area contributed by atoms with Crippen molar-refractivity contribution < 1.29 is 38.9 Å². The Morgan fingerprint density at radius 1 is 1.08 bits per heavy atom. The molecule has 0 radical (unpaired) electrons. The summed E-state index contributed by atoms with van der Waals surface area (Å²) in [5.41, 5.74) is -0.597. The third-order valence-corrected chi connectivity index (χ3v) is 6.82. The SMILES string of the molecule is C/C=C/C1=CC2=CC3=C(C(=O)CCCCCCC)C(=O)O[C@@]3(C)C(=O)C2=CN1C(CCC(=O)O)C(=O)O. The van der Waals surface area contributed by atoms with Crippen molar-refractivity contribution in [3.63, 3.8) is 0 Å². The zero-order chi connectivity index (χ0) is 27.3. The largest absolute Gasteiger partial charge is 0.481 e. The maximum absolute atomic E-state index is 13.6. The number of carboxylic acid groups (broad SMARTS) is 2. The number of hydrogen-bond acceptors (Lipinski definition) is 7. The van der Waals surface area contributed by atoms with Crippen molar-refractivity contribution >= 4 is 29.5 Å². The second-order valence-corrected chi connectivity index (χ2v) is 9.53. The standard InChI is InChI=1S/C28H33NO8/c1-4-6-7-8-9-11-22(30)24-20-15-17-14-18(10-5-2)29(21(26(34)35)12-13-23(31)32)16-19(17)25(33)28(20,3)37-27(24)36/h5,10,14-16,21H,4,6-9,11-13H2,1-3H3,(H,31,32)(H,34,35)/b10-5+/t21?,28-/m1/s1. The fourth-order valence-electron chi connectivity index (χ4n) is 4.83. The number of fused-ring (bicyclic) bond motifs is 2. The molecule has 0 spiro atoms. The van der Waals surface area contributed by atoms with E-state index in [0.29, 0.717) is 17.7 Å². The van der Waals surface area contributed by atoms with Gasteiger partial charge in [-0.15, -0.1) is 0 Å². The summed E-state index contributed by atoms with van der Waals surface area (Å²) < 4.78 is 5.47. The summed E-state index contributed by atoms with van der Waals surface area (Å²) in [5.74, 6) is -4.13. The van der Waals surface area contributed by atoms with Gasteiger partial charge in [-0.25, -0.2) is 9.59 Å². The molecule has 0 aromatic carbocycles. The minimum Gasteiger partial charge on any atom is -0.481 e. The second kappa shape index (κ2) is 11.5. The van der Waals surface area contributed by atoms with Crippen molar-refractivity contribution in [2.24, 2.45) is 0 Å². The van der Waals surface area contributed by atoms with Gasteiger partial charge < -0.3 is 19.8 Å². The van der Waals surface area contributed by atoms with Crippen molar-refractivity contribution in [3.8, 4) is 0 Å². The summed E-state index contributed by atoms with van der Waals surface area (Å²) in [6.45, 7) is 5.28. The average molecular weight is 512 g/mol. The lowest BCUT2D eigenvalue weighted by Gasteiger charge is -2.36. The molecule has 0 saturated carbocycles. The van der Waals surface area contributed by atoms with E-state index in [1.807, 2.05) is 0 Å². The van der Waals surface area contributed by atoms with Gasteiger partial charge in [0, 0.05) is 35.9 Å². The smallest absolute Gasteiger partial charge is 0.343 e. The molecule has 0 amide bonds. The van der Waals surface area contributed by atoms with Gasteiger partial charge in [0.15, 0.2) is 11.4 Å². The highest BCUT2D eigenvalue weighted by molar-refractivity contribution is 6.25. The van der Waals surface area contributed by atoms with E-state index in [0.717, 1.165) is 25.7 Å². The summed E-state index contributed by atoms with van der Waals surface area (Å²) in [4.78, 5) is 63.9. The number of ether oxygens (including phenoxy) is 1. The highest BCUT2D eigenvalue weighted by atomic mass is 16.6. The molecular formula is C28H33NO8. The molecule has 0 aromatic heterocycles. The molecule has 0 bridgehead atoms. The number of carbonyl (C=O) groups is 5. The Balaban J connectivity index is 2.02. The molecule has 1 aliphatic carbocycles. The Hall–Kier alpha value is -3.75. The summed E-state index contributed by atoms with van der Waals surface area (Å²) in [7, 11) is 0. The van der Waals surface area contributed by atoms with Crippen LogP contribution in [-0.4, -0.2) is 56.2 Å². The number of carbonyl (C=O) groups excluding carboxylic acids is 3. The van der Waals surface area contributed by atoms with Gasteiger partial charge in [-0.3, -0.25) is 14.4 Å². The van der Waals surface area contributed by atoms with E-state index in [9.17, 15) is 29.1 Å². The number of ketones is 2. The minimum absolute atomic E-state index is 0.105. The van der Waals surface area contributed by atoms with Gasteiger partial charge in [-0.05, 0) is 50.5 Å². The maximum atomic E-state index is 13.6. The predicted molar refractivity (Wildman–Crippen MR) is 134 cm³/mol. The van der Waals surface area contributed by atoms with Crippen molar-refractivity contribution in [2.45, 2.75) is 83.8 Å². The number of Topliss-reactive ketones (excluding diaryl/α,β-unsaturated/α-hetero) is 2. The molecule has 2 heterocycles. The van der Waals surface area contributed by atoms with Crippen LogP contribution in [0.2, 0.25) is 0 Å². The van der Waals surface area contributed by atoms with Crippen LogP contribution < -0.4 is 0 Å². The van der Waals surface area contributed by atoms with Gasteiger partial charge in [-0.1, -0.05) is 38.7 Å². The highest BCUT2D eigenvalue weighted by Gasteiger charge is 2.54. The molecule has 3 rings (SSSR count). The van der Waals surface area contributed by atoms with Gasteiger partial charge in [-0.2, -0.15) is 0 Å². The summed E-state index contributed by atoms with van der Waals surface area (Å²) in [6.07, 6.45) is 12.2. The molecular weight excluding hydrogens is 478 g/mol. The Morgan fingerprint density at radius 2 is 1.78 bits per heavy atom. The molecule has 2 atom stereocenters. The van der Waals surface area contributed by atoms with Gasteiger partial charge >= 0.3 is 17.9 Å². The van der Waals surface area contributed by atoms with E-state index < -0.39 is 35.3 Å². The van der Waals surface area contributed by atoms with E-state index in [2.05, 4.69) is 6.92 Å². The number of aliphatic carboxylic acids is 2. The van der Waals surface area contributed by atoms with E-state index in [1.54, 1.807) is 31.2 Å². The van der Waals surface area contributed by atoms with Crippen LogP contribution in [0.4, 0.5) is 0 Å². The van der Waals surface area contributed by atoms with Crippen LogP contribution in [0.15, 0.2) is 58.5 Å². The summed E-state index contributed by atoms with van der Waals surface area (Å²) >= 11 is 0. The van der Waals surface area contributed by atoms with Gasteiger partial charge in [0.05, 0.1) is 0 Å². The number of nitrogens with zero attached hydrogens (tertiary/aromatic N) is 1. The fourth-order valence-corrected chi connectivity index (χ4v) is 4.83. The highest BCUT2D eigenvalue weighted by Crippen LogP contribution is 2.45. The molecule has 198 valence electrons. The van der Waals surface area contributed by atoms with Crippen molar-refractivity contribution in [1.29, 1.82) is 0 Å². The van der Waals surface area contributed by atoms with E-state index in [4.69, 9.17) is 9.84 Å². The number of allylic oxidation sites excluding steroid dienone is 4. The van der Waals surface area contributed by atoms with Crippen molar-refractivity contribution in [1.82, 2.24) is 4.90 Å². The lowest BCUT2D eigenvalue weighted by Crippen LogP contribution is -2.44. The van der Waals surface area contributed by atoms with Crippen LogP contribution >= 0.6 is 0 Å². The van der Waals surface area contributed by atoms with Gasteiger partial charge in [0.25, 0.3) is 0 Å². The molecule has 9 heteroatoms. The first-order chi connectivity index (χ1) is 17.5. The van der Waals surface area contributed by atoms with E-state index in [1.165, 1.54) is 18.0 Å². The lowest BCUT2D eigenvalue weighted by molar-refractivity contribution is -0.153. The van der Waals surface area contributed by atoms with Crippen LogP contribution in [0.5, 0.6) is 0 Å². The Bertz CT molecular complexity index is 1170. The van der Waals surface area contributed by atoms with Crippen LogP contribution in [-0.2, 0) is 28.7 Å². The lowest BCUT2D eigenvalue weighted by atomic mass is 9.76. The number of rotatable bonds is 13. The molecule has 2 N–H and O–H groups in total. The number of hydrogen-bond donors (Lipinski definition) is 2. The second-order valence-electron chi connectivity index (χ2n) is 9.53. The Kier molecular flexibility index (Phi) is 8.68. The van der Waals surface area contributed by atoms with E-state index >= 15 is 0 Å². The van der Waals surface area contributed by atoms with Crippen LogP contribution in [0.3, 0.4) is 0 Å². The maximum Gasteiger partial charge on any atom is 0.343 e. The zero-order valence-corrected chi connectivity index (χ0v) is 21.4. The number of unbranched alkanes of at least 4 members (excludes halogenated alkanes) is 4. The first-order valence-corrected chi connectivity index (χ1v) is 12.6. The monoisotopic (exact) mass is 511 g/mol. The first-order valence-electron chi connectivity index (χ1n) is 12.6. The van der Waals surface area contributed by atoms with Gasteiger partial charge in [0.1, 0.15) is 11.6 Å².